The lowest BCUT2D eigenvalue weighted by atomic mass is 10.1. The van der Waals surface area contributed by atoms with Crippen molar-refractivity contribution < 1.29 is 9.50 Å². The summed E-state index contributed by atoms with van der Waals surface area (Å²) in [6.07, 6.45) is 0. The van der Waals surface area contributed by atoms with Crippen LogP contribution in [0.1, 0.15) is 0 Å². The molecule has 0 aliphatic carbocycles. The van der Waals surface area contributed by atoms with E-state index >= 15 is 0 Å². The molecule has 2 aromatic carbocycles. The van der Waals surface area contributed by atoms with E-state index < -0.39 is 0 Å². The molecule has 0 amide bonds. The van der Waals surface area contributed by atoms with E-state index in [9.17, 15) is 9.50 Å². The maximum absolute atomic E-state index is 13.8. The fourth-order valence-electron chi connectivity index (χ4n) is 1.92. The van der Waals surface area contributed by atoms with E-state index in [0.29, 0.717) is 22.2 Å². The zero-order valence-corrected chi connectivity index (χ0v) is 9.34. The van der Waals surface area contributed by atoms with Gasteiger partial charge in [-0.05, 0) is 18.2 Å². The Hall–Kier alpha value is -2.49. The molecule has 4 heteroatoms. The number of halogens is 1. The highest BCUT2D eigenvalue weighted by Gasteiger charge is 2.12. The summed E-state index contributed by atoms with van der Waals surface area (Å²) in [6, 6.07) is 13.2. The van der Waals surface area contributed by atoms with E-state index in [4.69, 9.17) is 0 Å². The highest BCUT2D eigenvalue weighted by atomic mass is 19.1. The predicted molar refractivity (Wildman–Crippen MR) is 66.6 cm³/mol. The normalized spacial score (nSPS) is 10.7. The van der Waals surface area contributed by atoms with Gasteiger partial charge in [0.05, 0.1) is 11.2 Å². The number of nitrogens with zero attached hydrogens (tertiary/aromatic N) is 2. The molecule has 0 aliphatic rings. The minimum absolute atomic E-state index is 0.353. The molecular formula is C14H9FN2O. The minimum atomic E-state index is -0.374. The number of aromatic nitrogens is 2. The molecule has 0 unspecified atom stereocenters. The Kier molecular flexibility index (Phi) is 2.41. The molecule has 1 N–H and O–H groups in total. The van der Waals surface area contributed by atoms with Crippen LogP contribution < -0.4 is 0 Å². The number of aromatic hydroxyl groups is 1. The smallest absolute Gasteiger partial charge is 0.315 e. The van der Waals surface area contributed by atoms with E-state index in [1.54, 1.807) is 36.4 Å². The zero-order valence-electron chi connectivity index (χ0n) is 9.34. The van der Waals surface area contributed by atoms with Gasteiger partial charge in [-0.1, -0.05) is 30.3 Å². The largest absolute Gasteiger partial charge is 0.479 e. The van der Waals surface area contributed by atoms with Crippen molar-refractivity contribution in [3.05, 3.63) is 54.3 Å². The SMILES string of the molecule is Oc1nc(-c2ccccc2F)c2ccccc2n1. The second-order valence-corrected chi connectivity index (χ2v) is 3.87. The van der Waals surface area contributed by atoms with Gasteiger partial charge in [-0.3, -0.25) is 0 Å². The second kappa shape index (κ2) is 4.07. The third kappa shape index (κ3) is 1.68. The van der Waals surface area contributed by atoms with Gasteiger partial charge in [0.2, 0.25) is 0 Å². The molecule has 1 aromatic heterocycles. The first kappa shape index (κ1) is 10.7. The summed E-state index contributed by atoms with van der Waals surface area (Å²) in [5.41, 5.74) is 1.34. The first-order valence-electron chi connectivity index (χ1n) is 5.46. The van der Waals surface area contributed by atoms with Crippen LogP contribution in [-0.4, -0.2) is 15.1 Å². The van der Waals surface area contributed by atoms with Crippen molar-refractivity contribution in [2.45, 2.75) is 0 Å². The van der Waals surface area contributed by atoms with Crippen molar-refractivity contribution in [2.75, 3.05) is 0 Å². The topological polar surface area (TPSA) is 46.0 Å². The fraction of sp³-hybridized carbons (Fsp3) is 0. The summed E-state index contributed by atoms with van der Waals surface area (Å²) in [7, 11) is 0. The number of rotatable bonds is 1. The zero-order chi connectivity index (χ0) is 12.5. The number of hydrogen-bond acceptors (Lipinski definition) is 3. The van der Waals surface area contributed by atoms with Crippen molar-refractivity contribution in [3.63, 3.8) is 0 Å². The molecule has 0 atom stereocenters. The van der Waals surface area contributed by atoms with Crippen LogP contribution in [0.25, 0.3) is 22.2 Å². The molecule has 0 saturated heterocycles. The molecule has 3 rings (SSSR count). The van der Waals surface area contributed by atoms with Gasteiger partial charge in [0.15, 0.2) is 0 Å². The van der Waals surface area contributed by atoms with Crippen molar-refractivity contribution in [3.8, 4) is 17.3 Å². The van der Waals surface area contributed by atoms with Crippen LogP contribution in [0.2, 0.25) is 0 Å². The molecule has 0 aliphatic heterocycles. The number of fused-ring (bicyclic) bond motifs is 1. The maximum atomic E-state index is 13.8. The summed E-state index contributed by atoms with van der Waals surface area (Å²) in [6.45, 7) is 0. The van der Waals surface area contributed by atoms with Crippen molar-refractivity contribution in [2.24, 2.45) is 0 Å². The van der Waals surface area contributed by atoms with Crippen molar-refractivity contribution >= 4 is 10.9 Å². The molecule has 3 nitrogen and oxygen atoms in total. The lowest BCUT2D eigenvalue weighted by Gasteiger charge is -2.06. The van der Waals surface area contributed by atoms with Crippen LogP contribution in [0.3, 0.4) is 0 Å². The van der Waals surface area contributed by atoms with Crippen LogP contribution in [-0.2, 0) is 0 Å². The van der Waals surface area contributed by atoms with Crippen LogP contribution >= 0.6 is 0 Å². The van der Waals surface area contributed by atoms with Crippen molar-refractivity contribution in [1.82, 2.24) is 9.97 Å². The minimum Gasteiger partial charge on any atom is -0.479 e. The summed E-state index contributed by atoms with van der Waals surface area (Å²) in [4.78, 5) is 7.85. The summed E-state index contributed by atoms with van der Waals surface area (Å²) < 4.78 is 13.8. The molecule has 0 radical (unpaired) electrons. The monoisotopic (exact) mass is 240 g/mol. The standard InChI is InChI=1S/C14H9FN2O/c15-11-7-3-1-5-9(11)13-10-6-2-4-8-12(10)16-14(18)17-13/h1-8H,(H,16,17,18). The van der Waals surface area contributed by atoms with Gasteiger partial charge < -0.3 is 5.11 Å². The van der Waals surface area contributed by atoms with Gasteiger partial charge in [0, 0.05) is 10.9 Å². The molecular weight excluding hydrogens is 231 g/mol. The maximum Gasteiger partial charge on any atom is 0.315 e. The van der Waals surface area contributed by atoms with E-state index in [-0.39, 0.29) is 11.8 Å². The van der Waals surface area contributed by atoms with Gasteiger partial charge in [0.1, 0.15) is 5.82 Å². The quantitative estimate of drug-likeness (QED) is 0.710. The van der Waals surface area contributed by atoms with Crippen molar-refractivity contribution in [1.29, 1.82) is 0 Å². The molecule has 0 fully saturated rings. The van der Waals surface area contributed by atoms with E-state index in [1.807, 2.05) is 6.07 Å². The van der Waals surface area contributed by atoms with Gasteiger partial charge >= 0.3 is 6.01 Å². The first-order chi connectivity index (χ1) is 8.75. The predicted octanol–water partition coefficient (Wildman–Crippen LogP) is 3.14. The van der Waals surface area contributed by atoms with Crippen LogP contribution in [0.5, 0.6) is 6.01 Å². The van der Waals surface area contributed by atoms with E-state index in [0.717, 1.165) is 0 Å². The lowest BCUT2D eigenvalue weighted by molar-refractivity contribution is 0.433. The first-order valence-corrected chi connectivity index (χ1v) is 5.46. The molecule has 88 valence electrons. The van der Waals surface area contributed by atoms with Gasteiger partial charge in [-0.2, -0.15) is 9.97 Å². The van der Waals surface area contributed by atoms with Gasteiger partial charge in [0.25, 0.3) is 0 Å². The Morgan fingerprint density at radius 3 is 2.44 bits per heavy atom. The molecule has 0 bridgehead atoms. The Morgan fingerprint density at radius 1 is 0.889 bits per heavy atom. The number of hydrogen-bond donors (Lipinski definition) is 1. The highest BCUT2D eigenvalue weighted by molar-refractivity contribution is 5.92. The van der Waals surface area contributed by atoms with Crippen LogP contribution in [0.4, 0.5) is 4.39 Å². The number of benzene rings is 2. The third-order valence-corrected chi connectivity index (χ3v) is 2.72. The fourth-order valence-corrected chi connectivity index (χ4v) is 1.92. The average Bonchev–Trinajstić information content (AvgIpc) is 2.38. The molecule has 18 heavy (non-hydrogen) atoms. The Bertz CT molecular complexity index is 728. The molecule has 0 spiro atoms. The summed E-state index contributed by atoms with van der Waals surface area (Å²) >= 11 is 0. The van der Waals surface area contributed by atoms with Gasteiger partial charge in [-0.15, -0.1) is 0 Å². The lowest BCUT2D eigenvalue weighted by Crippen LogP contribution is -1.92. The van der Waals surface area contributed by atoms with Crippen LogP contribution in [0.15, 0.2) is 48.5 Å². The highest BCUT2D eigenvalue weighted by Crippen LogP contribution is 2.28. The van der Waals surface area contributed by atoms with Crippen LogP contribution in [0, 0.1) is 5.82 Å². The third-order valence-electron chi connectivity index (χ3n) is 2.72. The summed E-state index contributed by atoms with van der Waals surface area (Å²) in [5.74, 6) is -0.374. The van der Waals surface area contributed by atoms with Gasteiger partial charge in [-0.25, -0.2) is 4.39 Å². The second-order valence-electron chi connectivity index (χ2n) is 3.87. The Labute approximate surface area is 103 Å². The number of para-hydroxylation sites is 1. The summed E-state index contributed by atoms with van der Waals surface area (Å²) in [5, 5.41) is 10.2. The molecule has 0 saturated carbocycles. The van der Waals surface area contributed by atoms with E-state index in [1.165, 1.54) is 6.07 Å². The Morgan fingerprint density at radius 2 is 1.61 bits per heavy atom. The Balaban J connectivity index is 2.39. The molecule has 1 heterocycles. The van der Waals surface area contributed by atoms with E-state index in [2.05, 4.69) is 9.97 Å². The average molecular weight is 240 g/mol. The molecule has 3 aromatic rings.